The summed E-state index contributed by atoms with van der Waals surface area (Å²) in [4.78, 5) is 16.6. The minimum atomic E-state index is -0.125. The number of benzene rings is 2. The Hall–Kier alpha value is -3.45. The molecule has 0 aliphatic carbocycles. The highest BCUT2D eigenvalue weighted by atomic mass is 32.2. The van der Waals surface area contributed by atoms with Crippen LogP contribution in [-0.2, 0) is 18.8 Å². The molecule has 0 radical (unpaired) electrons. The van der Waals surface area contributed by atoms with Crippen molar-refractivity contribution in [1.29, 1.82) is 0 Å². The quantitative estimate of drug-likeness (QED) is 0.424. The third-order valence-corrected chi connectivity index (χ3v) is 5.85. The van der Waals surface area contributed by atoms with E-state index >= 15 is 0 Å². The Morgan fingerprint density at radius 3 is 2.42 bits per heavy atom. The second kappa shape index (κ2) is 10.0. The molecule has 0 bridgehead atoms. The number of nitrogens with one attached hydrogen (secondary N) is 1. The zero-order chi connectivity index (χ0) is 21.5. The van der Waals surface area contributed by atoms with E-state index in [0.29, 0.717) is 18.7 Å². The number of rotatable bonds is 8. The van der Waals surface area contributed by atoms with Gasteiger partial charge in [-0.05, 0) is 42.3 Å². The van der Waals surface area contributed by atoms with Crippen molar-refractivity contribution in [3.05, 3.63) is 107 Å². The van der Waals surface area contributed by atoms with Gasteiger partial charge in [0.2, 0.25) is 0 Å². The Morgan fingerprint density at radius 2 is 1.68 bits per heavy atom. The third kappa shape index (κ3) is 5.58. The van der Waals surface area contributed by atoms with Gasteiger partial charge in [0.25, 0.3) is 5.91 Å². The van der Waals surface area contributed by atoms with Crippen LogP contribution in [0.25, 0.3) is 0 Å². The van der Waals surface area contributed by atoms with Crippen molar-refractivity contribution >= 4 is 17.7 Å². The summed E-state index contributed by atoms with van der Waals surface area (Å²) in [6, 6.07) is 21.7. The molecule has 4 aromatic rings. The Balaban J connectivity index is 1.51. The Labute approximate surface area is 185 Å². The maximum atomic E-state index is 12.5. The number of carbonyl (C=O) groups excluding carboxylic acids is 1. The second-order valence-electron chi connectivity index (χ2n) is 7.16. The van der Waals surface area contributed by atoms with Gasteiger partial charge in [-0.1, -0.05) is 59.8 Å². The first kappa shape index (κ1) is 20.8. The average Bonchev–Trinajstić information content (AvgIpc) is 3.19. The number of thioether (sulfide) groups is 1. The van der Waals surface area contributed by atoms with Crippen LogP contribution >= 0.6 is 11.8 Å². The molecule has 1 N–H and O–H groups in total. The van der Waals surface area contributed by atoms with E-state index in [1.54, 1.807) is 24.2 Å². The van der Waals surface area contributed by atoms with Crippen molar-refractivity contribution in [2.45, 2.75) is 30.9 Å². The molecule has 0 aliphatic rings. The van der Waals surface area contributed by atoms with Crippen molar-refractivity contribution in [3.8, 4) is 0 Å². The fraction of sp³-hybridized carbons (Fsp3) is 0.167. The highest BCUT2D eigenvalue weighted by Crippen LogP contribution is 2.23. The van der Waals surface area contributed by atoms with Gasteiger partial charge in [-0.25, -0.2) is 0 Å². The van der Waals surface area contributed by atoms with Crippen molar-refractivity contribution < 1.29 is 4.79 Å². The number of hydrogen-bond donors (Lipinski definition) is 1. The van der Waals surface area contributed by atoms with Crippen LogP contribution in [0.15, 0.2) is 84.3 Å². The molecular weight excluding hydrogens is 406 g/mol. The predicted molar refractivity (Wildman–Crippen MR) is 122 cm³/mol. The van der Waals surface area contributed by atoms with Gasteiger partial charge >= 0.3 is 0 Å². The van der Waals surface area contributed by atoms with Gasteiger partial charge in [0.1, 0.15) is 0 Å². The average molecular weight is 430 g/mol. The molecule has 4 rings (SSSR count). The van der Waals surface area contributed by atoms with Crippen LogP contribution in [-0.4, -0.2) is 25.7 Å². The summed E-state index contributed by atoms with van der Waals surface area (Å²) in [7, 11) is 0. The lowest BCUT2D eigenvalue weighted by atomic mass is 10.1. The van der Waals surface area contributed by atoms with E-state index in [2.05, 4.69) is 37.2 Å². The largest absolute Gasteiger partial charge is 0.345 e. The van der Waals surface area contributed by atoms with Gasteiger partial charge in [0, 0.05) is 23.7 Å². The lowest BCUT2D eigenvalue weighted by Gasteiger charge is -2.11. The molecule has 2 aromatic carbocycles. The minimum absolute atomic E-state index is 0.125. The topological polar surface area (TPSA) is 72.7 Å². The molecule has 0 saturated carbocycles. The molecule has 156 valence electrons. The minimum Gasteiger partial charge on any atom is -0.345 e. The van der Waals surface area contributed by atoms with Crippen molar-refractivity contribution in [3.63, 3.8) is 0 Å². The Bertz CT molecular complexity index is 1130. The molecule has 0 saturated heterocycles. The number of aromatic nitrogens is 4. The molecule has 0 spiro atoms. The molecule has 0 fully saturated rings. The van der Waals surface area contributed by atoms with Gasteiger partial charge in [0.05, 0.1) is 13.1 Å². The summed E-state index contributed by atoms with van der Waals surface area (Å²) in [6.45, 7) is 2.95. The fourth-order valence-electron chi connectivity index (χ4n) is 3.07. The molecule has 7 heteroatoms. The van der Waals surface area contributed by atoms with Crippen molar-refractivity contribution in [1.82, 2.24) is 25.1 Å². The van der Waals surface area contributed by atoms with Gasteiger partial charge in [0.15, 0.2) is 11.0 Å². The summed E-state index contributed by atoms with van der Waals surface area (Å²) < 4.78 is 2.07. The number of hydrogen-bond acceptors (Lipinski definition) is 5. The smallest absolute Gasteiger partial charge is 0.251 e. The van der Waals surface area contributed by atoms with E-state index in [-0.39, 0.29) is 5.91 Å². The second-order valence-corrected chi connectivity index (χ2v) is 8.11. The standard InChI is InChI=1S/C24H23N5OS/c1-18-7-9-21(10-8-18)23(30)26-15-22-27-28-24(31-17-20-11-13-25-14-12-20)29(22)16-19-5-3-2-4-6-19/h2-14H,15-17H2,1H3,(H,26,30). The van der Waals surface area contributed by atoms with Gasteiger partial charge in [-0.2, -0.15) is 0 Å². The number of aryl methyl sites for hydroxylation is 1. The summed E-state index contributed by atoms with van der Waals surface area (Å²) in [5.74, 6) is 1.37. The summed E-state index contributed by atoms with van der Waals surface area (Å²) in [6.07, 6.45) is 3.58. The molecule has 0 unspecified atom stereocenters. The number of pyridine rings is 1. The predicted octanol–water partition coefficient (Wildman–Crippen LogP) is 4.25. The van der Waals surface area contributed by atoms with Crippen LogP contribution in [0.2, 0.25) is 0 Å². The maximum absolute atomic E-state index is 12.5. The molecule has 0 atom stereocenters. The number of nitrogens with zero attached hydrogens (tertiary/aromatic N) is 4. The highest BCUT2D eigenvalue weighted by molar-refractivity contribution is 7.98. The van der Waals surface area contributed by atoms with Crippen LogP contribution < -0.4 is 5.32 Å². The van der Waals surface area contributed by atoms with E-state index in [9.17, 15) is 4.79 Å². The zero-order valence-corrected chi connectivity index (χ0v) is 18.0. The SMILES string of the molecule is Cc1ccc(C(=O)NCc2nnc(SCc3ccncc3)n2Cc2ccccc2)cc1. The van der Waals surface area contributed by atoms with Crippen LogP contribution in [0.5, 0.6) is 0 Å². The molecule has 31 heavy (non-hydrogen) atoms. The van der Waals surface area contributed by atoms with Gasteiger partial charge < -0.3 is 9.88 Å². The lowest BCUT2D eigenvalue weighted by molar-refractivity contribution is 0.0949. The summed E-state index contributed by atoms with van der Waals surface area (Å²) >= 11 is 1.62. The maximum Gasteiger partial charge on any atom is 0.251 e. The van der Waals surface area contributed by atoms with E-state index in [1.165, 1.54) is 5.56 Å². The van der Waals surface area contributed by atoms with Crippen molar-refractivity contribution in [2.24, 2.45) is 0 Å². The van der Waals surface area contributed by atoms with E-state index in [4.69, 9.17) is 0 Å². The molecule has 2 aromatic heterocycles. The number of carbonyl (C=O) groups is 1. The molecular formula is C24H23N5OS. The van der Waals surface area contributed by atoms with E-state index in [1.807, 2.05) is 61.5 Å². The summed E-state index contributed by atoms with van der Waals surface area (Å²) in [5, 5.41) is 12.6. The van der Waals surface area contributed by atoms with E-state index in [0.717, 1.165) is 27.9 Å². The normalized spacial score (nSPS) is 10.7. The molecule has 6 nitrogen and oxygen atoms in total. The highest BCUT2D eigenvalue weighted by Gasteiger charge is 2.15. The van der Waals surface area contributed by atoms with Gasteiger partial charge in [-0.3, -0.25) is 9.78 Å². The van der Waals surface area contributed by atoms with Crippen LogP contribution in [0.3, 0.4) is 0 Å². The Kier molecular flexibility index (Phi) is 6.74. The monoisotopic (exact) mass is 429 g/mol. The molecule has 2 heterocycles. The van der Waals surface area contributed by atoms with Gasteiger partial charge in [-0.15, -0.1) is 10.2 Å². The Morgan fingerprint density at radius 1 is 0.935 bits per heavy atom. The van der Waals surface area contributed by atoms with Crippen LogP contribution in [0.4, 0.5) is 0 Å². The zero-order valence-electron chi connectivity index (χ0n) is 17.2. The van der Waals surface area contributed by atoms with E-state index < -0.39 is 0 Å². The first-order valence-electron chi connectivity index (χ1n) is 10.0. The fourth-order valence-corrected chi connectivity index (χ4v) is 3.99. The lowest BCUT2D eigenvalue weighted by Crippen LogP contribution is -2.25. The third-order valence-electron chi connectivity index (χ3n) is 4.82. The van der Waals surface area contributed by atoms with Crippen LogP contribution in [0.1, 0.15) is 32.9 Å². The summed E-state index contributed by atoms with van der Waals surface area (Å²) in [5.41, 5.74) is 4.07. The first-order valence-corrected chi connectivity index (χ1v) is 11.0. The van der Waals surface area contributed by atoms with Crippen LogP contribution in [0, 0.1) is 6.92 Å². The first-order chi connectivity index (χ1) is 15.2. The molecule has 0 aliphatic heterocycles. The van der Waals surface area contributed by atoms with Crippen molar-refractivity contribution in [2.75, 3.05) is 0 Å². The molecule has 1 amide bonds. The number of amides is 1.